The molecule has 0 aliphatic carbocycles. The molecule has 5 nitrogen and oxygen atoms in total. The number of ether oxygens (including phenoxy) is 1. The Kier molecular flexibility index (Phi) is 7.52. The van der Waals surface area contributed by atoms with Gasteiger partial charge in [0.25, 0.3) is 5.91 Å². The Morgan fingerprint density at radius 2 is 1.96 bits per heavy atom. The van der Waals surface area contributed by atoms with Gasteiger partial charge in [-0.3, -0.25) is 9.59 Å². The number of rotatable bonds is 7. The molecular formula is C19H17ClN2O3S. The zero-order chi connectivity index (χ0) is 18.9. The van der Waals surface area contributed by atoms with Crippen molar-refractivity contribution in [3.05, 3.63) is 58.6 Å². The van der Waals surface area contributed by atoms with Crippen molar-refractivity contribution < 1.29 is 14.3 Å². The normalized spacial score (nSPS) is 10.0. The van der Waals surface area contributed by atoms with E-state index in [1.165, 1.54) is 17.7 Å². The minimum Gasteiger partial charge on any atom is -0.456 e. The molecule has 0 aliphatic heterocycles. The lowest BCUT2D eigenvalue weighted by Gasteiger charge is -2.08. The van der Waals surface area contributed by atoms with Crippen LogP contribution < -0.4 is 5.32 Å². The van der Waals surface area contributed by atoms with Crippen molar-refractivity contribution in [3.63, 3.8) is 0 Å². The maximum Gasteiger partial charge on any atom is 0.307 e. The number of carbonyl (C=O) groups excluding carboxylic acids is 2. The summed E-state index contributed by atoms with van der Waals surface area (Å²) in [4.78, 5) is 24.7. The smallest absolute Gasteiger partial charge is 0.307 e. The van der Waals surface area contributed by atoms with E-state index >= 15 is 0 Å². The monoisotopic (exact) mass is 388 g/mol. The molecule has 0 unspecified atom stereocenters. The average molecular weight is 389 g/mol. The molecule has 0 aliphatic rings. The molecule has 0 saturated carbocycles. The fraction of sp³-hybridized carbons (Fsp3) is 0.211. The Balaban J connectivity index is 1.73. The maximum absolute atomic E-state index is 11.9. The molecule has 0 saturated heterocycles. The number of anilines is 1. The molecule has 0 heterocycles. The maximum atomic E-state index is 11.9. The van der Waals surface area contributed by atoms with Crippen molar-refractivity contribution in [2.45, 2.75) is 18.2 Å². The van der Waals surface area contributed by atoms with Gasteiger partial charge in [0.1, 0.15) is 6.07 Å². The summed E-state index contributed by atoms with van der Waals surface area (Å²) in [6.45, 7) is 1.60. The second-order valence-electron chi connectivity index (χ2n) is 5.42. The van der Waals surface area contributed by atoms with E-state index in [2.05, 4.69) is 5.32 Å². The van der Waals surface area contributed by atoms with E-state index in [1.807, 2.05) is 37.3 Å². The van der Waals surface area contributed by atoms with Gasteiger partial charge in [-0.1, -0.05) is 29.3 Å². The number of amides is 1. The highest BCUT2D eigenvalue weighted by atomic mass is 35.5. The quantitative estimate of drug-likeness (QED) is 0.568. The summed E-state index contributed by atoms with van der Waals surface area (Å²) in [7, 11) is 0. The highest BCUT2D eigenvalue weighted by Gasteiger charge is 2.11. The molecule has 2 aromatic carbocycles. The van der Waals surface area contributed by atoms with Crippen molar-refractivity contribution in [3.8, 4) is 6.07 Å². The molecule has 0 bridgehead atoms. The van der Waals surface area contributed by atoms with Gasteiger partial charge >= 0.3 is 5.97 Å². The highest BCUT2D eigenvalue weighted by molar-refractivity contribution is 7.99. The molecule has 0 fully saturated rings. The van der Waals surface area contributed by atoms with Crippen LogP contribution in [0.3, 0.4) is 0 Å². The molecule has 0 aromatic heterocycles. The van der Waals surface area contributed by atoms with E-state index in [1.54, 1.807) is 17.8 Å². The number of benzene rings is 2. The number of hydrogen-bond donors (Lipinski definition) is 1. The van der Waals surface area contributed by atoms with Crippen LogP contribution in [-0.4, -0.2) is 24.2 Å². The van der Waals surface area contributed by atoms with Crippen LogP contribution in [0.4, 0.5) is 5.69 Å². The van der Waals surface area contributed by atoms with Crippen LogP contribution in [0, 0.1) is 18.3 Å². The standard InChI is InChI=1S/C19H17ClN2O3S/c1-13-2-6-16(7-3-13)26-9-8-19(24)25-12-18(23)22-17-10-15(20)5-4-14(17)11-21/h2-7,10H,8-9,12H2,1H3,(H,22,23). The van der Waals surface area contributed by atoms with Gasteiger partial charge in [0.2, 0.25) is 0 Å². The fourth-order valence-corrected chi connectivity index (χ4v) is 3.01. The molecule has 0 atom stereocenters. The van der Waals surface area contributed by atoms with Gasteiger partial charge in [-0.15, -0.1) is 11.8 Å². The molecule has 0 radical (unpaired) electrons. The average Bonchev–Trinajstić information content (AvgIpc) is 2.62. The first-order chi connectivity index (χ1) is 12.5. The van der Waals surface area contributed by atoms with Crippen molar-refractivity contribution in [2.75, 3.05) is 17.7 Å². The summed E-state index contributed by atoms with van der Waals surface area (Å²) in [5, 5.41) is 11.9. The summed E-state index contributed by atoms with van der Waals surface area (Å²) in [6.07, 6.45) is 0.201. The molecule has 7 heteroatoms. The van der Waals surface area contributed by atoms with E-state index in [0.717, 1.165) is 4.90 Å². The largest absolute Gasteiger partial charge is 0.456 e. The number of hydrogen-bond acceptors (Lipinski definition) is 5. The summed E-state index contributed by atoms with van der Waals surface area (Å²) in [5.41, 5.74) is 1.75. The number of nitriles is 1. The van der Waals surface area contributed by atoms with Crippen LogP contribution >= 0.6 is 23.4 Å². The third kappa shape index (κ3) is 6.43. The van der Waals surface area contributed by atoms with Crippen LogP contribution in [-0.2, 0) is 14.3 Å². The highest BCUT2D eigenvalue weighted by Crippen LogP contribution is 2.21. The van der Waals surface area contributed by atoms with Gasteiger partial charge in [-0.2, -0.15) is 5.26 Å². The predicted molar refractivity (Wildman–Crippen MR) is 102 cm³/mol. The summed E-state index contributed by atoms with van der Waals surface area (Å²) >= 11 is 7.40. The topological polar surface area (TPSA) is 79.2 Å². The van der Waals surface area contributed by atoms with Crippen LogP contribution in [0.25, 0.3) is 0 Å². The lowest BCUT2D eigenvalue weighted by atomic mass is 10.2. The van der Waals surface area contributed by atoms with Gasteiger partial charge in [0.15, 0.2) is 6.61 Å². The van der Waals surface area contributed by atoms with E-state index < -0.39 is 18.5 Å². The Morgan fingerprint density at radius 1 is 1.23 bits per heavy atom. The van der Waals surface area contributed by atoms with Crippen LogP contribution in [0.15, 0.2) is 47.4 Å². The van der Waals surface area contributed by atoms with E-state index in [4.69, 9.17) is 21.6 Å². The lowest BCUT2D eigenvalue weighted by molar-refractivity contribution is -0.146. The minimum absolute atomic E-state index is 0.201. The lowest BCUT2D eigenvalue weighted by Crippen LogP contribution is -2.21. The Hall–Kier alpha value is -2.49. The van der Waals surface area contributed by atoms with Gasteiger partial charge in [-0.25, -0.2) is 0 Å². The van der Waals surface area contributed by atoms with E-state index in [0.29, 0.717) is 10.8 Å². The number of thioether (sulfide) groups is 1. The van der Waals surface area contributed by atoms with Crippen molar-refractivity contribution >= 4 is 40.9 Å². The number of carbonyl (C=O) groups is 2. The Bertz CT molecular complexity index is 832. The van der Waals surface area contributed by atoms with Gasteiger partial charge in [0, 0.05) is 15.7 Å². The molecular weight excluding hydrogens is 372 g/mol. The summed E-state index contributed by atoms with van der Waals surface area (Å²) in [5.74, 6) is -0.411. The fourth-order valence-electron chi connectivity index (χ4n) is 2.01. The zero-order valence-corrected chi connectivity index (χ0v) is 15.7. The van der Waals surface area contributed by atoms with Gasteiger partial charge in [-0.05, 0) is 37.3 Å². The number of aryl methyl sites for hydroxylation is 1. The third-order valence-corrected chi connectivity index (χ3v) is 4.59. The number of nitrogens with zero attached hydrogens (tertiary/aromatic N) is 1. The molecule has 1 N–H and O–H groups in total. The van der Waals surface area contributed by atoms with Crippen LogP contribution in [0.5, 0.6) is 0 Å². The van der Waals surface area contributed by atoms with Crippen LogP contribution in [0.2, 0.25) is 5.02 Å². The first kappa shape index (κ1) is 19.8. The molecule has 1 amide bonds. The summed E-state index contributed by atoms with van der Waals surface area (Å²) in [6, 6.07) is 14.5. The Labute approximate surface area is 161 Å². The number of esters is 1. The molecule has 2 rings (SSSR count). The first-order valence-electron chi connectivity index (χ1n) is 7.82. The first-order valence-corrected chi connectivity index (χ1v) is 9.19. The second kappa shape index (κ2) is 9.85. The van der Waals surface area contributed by atoms with Crippen molar-refractivity contribution in [2.24, 2.45) is 0 Å². The minimum atomic E-state index is -0.525. The van der Waals surface area contributed by atoms with Gasteiger partial charge in [0.05, 0.1) is 17.7 Å². The Morgan fingerprint density at radius 3 is 2.65 bits per heavy atom. The zero-order valence-electron chi connectivity index (χ0n) is 14.1. The molecule has 2 aromatic rings. The van der Waals surface area contributed by atoms with Crippen LogP contribution in [0.1, 0.15) is 17.5 Å². The van der Waals surface area contributed by atoms with E-state index in [9.17, 15) is 9.59 Å². The second-order valence-corrected chi connectivity index (χ2v) is 7.03. The predicted octanol–water partition coefficient (Wildman–Crippen LogP) is 4.18. The SMILES string of the molecule is Cc1ccc(SCCC(=O)OCC(=O)Nc2cc(Cl)ccc2C#N)cc1. The van der Waals surface area contributed by atoms with Crippen molar-refractivity contribution in [1.29, 1.82) is 5.26 Å². The number of halogens is 1. The molecule has 26 heavy (non-hydrogen) atoms. The third-order valence-electron chi connectivity index (χ3n) is 3.34. The molecule has 134 valence electrons. The number of nitrogens with one attached hydrogen (secondary N) is 1. The summed E-state index contributed by atoms with van der Waals surface area (Å²) < 4.78 is 4.96. The van der Waals surface area contributed by atoms with E-state index in [-0.39, 0.29) is 17.7 Å². The van der Waals surface area contributed by atoms with Gasteiger partial charge < -0.3 is 10.1 Å². The molecule has 0 spiro atoms. The van der Waals surface area contributed by atoms with Crippen molar-refractivity contribution in [1.82, 2.24) is 0 Å².